The van der Waals surface area contributed by atoms with Gasteiger partial charge in [-0.3, -0.25) is 14.0 Å². The van der Waals surface area contributed by atoms with Crippen molar-refractivity contribution in [3.05, 3.63) is 34.5 Å². The van der Waals surface area contributed by atoms with Crippen LogP contribution in [-0.4, -0.2) is 32.4 Å². The Morgan fingerprint density at radius 3 is 2.95 bits per heavy atom. The van der Waals surface area contributed by atoms with Crippen molar-refractivity contribution in [2.45, 2.75) is 13.5 Å². The van der Waals surface area contributed by atoms with Crippen LogP contribution in [0.15, 0.2) is 29.0 Å². The third-order valence-corrected chi connectivity index (χ3v) is 2.82. The number of ether oxygens (including phenoxy) is 1. The highest BCUT2D eigenvalue weighted by Gasteiger charge is 2.08. The number of aromatic nitrogens is 4. The van der Waals surface area contributed by atoms with E-state index in [0.717, 1.165) is 0 Å². The van der Waals surface area contributed by atoms with Crippen LogP contribution >= 0.6 is 0 Å². The van der Waals surface area contributed by atoms with E-state index in [9.17, 15) is 9.59 Å². The number of rotatable bonds is 3. The summed E-state index contributed by atoms with van der Waals surface area (Å²) >= 11 is 0. The number of aryl methyl sites for hydroxylation is 1. The van der Waals surface area contributed by atoms with Crippen molar-refractivity contribution in [3.8, 4) is 0 Å². The molecule has 7 nitrogen and oxygen atoms in total. The van der Waals surface area contributed by atoms with Crippen LogP contribution in [0.3, 0.4) is 0 Å². The number of carbonyl (C=O) groups is 1. The van der Waals surface area contributed by atoms with E-state index in [1.165, 1.54) is 28.9 Å². The molecule has 0 atom stereocenters. The van der Waals surface area contributed by atoms with E-state index < -0.39 is 5.97 Å². The van der Waals surface area contributed by atoms with Crippen LogP contribution < -0.4 is 5.56 Å². The van der Waals surface area contributed by atoms with Gasteiger partial charge in [-0.05, 0) is 6.92 Å². The highest BCUT2D eigenvalue weighted by Crippen LogP contribution is 2.03. The Morgan fingerprint density at radius 2 is 2.26 bits per heavy atom. The maximum absolute atomic E-state index is 12.1. The standard InChI is InChI=1S/C12H14N4O3/c1-8(12(18)19-3)4-5-16-7-13-10-9(11(16)17)6-14-15(10)2/h4,6-7H,5H2,1-3H3. The molecular formula is C12H14N4O3. The molecule has 0 fully saturated rings. The van der Waals surface area contributed by atoms with E-state index >= 15 is 0 Å². The molecule has 7 heteroatoms. The molecule has 0 aliphatic rings. The summed E-state index contributed by atoms with van der Waals surface area (Å²) in [7, 11) is 3.04. The molecule has 2 aromatic rings. The van der Waals surface area contributed by atoms with E-state index in [-0.39, 0.29) is 12.1 Å². The van der Waals surface area contributed by atoms with Gasteiger partial charge >= 0.3 is 5.97 Å². The molecule has 0 saturated carbocycles. The van der Waals surface area contributed by atoms with Crippen LogP contribution in [0.25, 0.3) is 11.0 Å². The fourth-order valence-electron chi connectivity index (χ4n) is 1.68. The third kappa shape index (κ3) is 2.40. The normalized spacial score (nSPS) is 11.8. The zero-order valence-electron chi connectivity index (χ0n) is 11.0. The van der Waals surface area contributed by atoms with Crippen LogP contribution in [0.1, 0.15) is 6.92 Å². The summed E-state index contributed by atoms with van der Waals surface area (Å²) in [6.07, 6.45) is 4.54. The summed E-state index contributed by atoms with van der Waals surface area (Å²) in [5.41, 5.74) is 0.794. The molecule has 0 aromatic carbocycles. The van der Waals surface area contributed by atoms with Crippen LogP contribution in [0, 0.1) is 0 Å². The van der Waals surface area contributed by atoms with Gasteiger partial charge < -0.3 is 4.74 Å². The molecule has 19 heavy (non-hydrogen) atoms. The zero-order chi connectivity index (χ0) is 14.0. The minimum absolute atomic E-state index is 0.188. The lowest BCUT2D eigenvalue weighted by Crippen LogP contribution is -2.20. The van der Waals surface area contributed by atoms with Gasteiger partial charge in [0.2, 0.25) is 0 Å². The summed E-state index contributed by atoms with van der Waals surface area (Å²) < 4.78 is 7.53. The van der Waals surface area contributed by atoms with E-state index in [2.05, 4.69) is 14.8 Å². The molecule has 0 spiro atoms. The van der Waals surface area contributed by atoms with Crippen LogP contribution in [0.5, 0.6) is 0 Å². The summed E-state index contributed by atoms with van der Waals surface area (Å²) in [4.78, 5) is 27.5. The highest BCUT2D eigenvalue weighted by molar-refractivity contribution is 5.87. The molecule has 0 bridgehead atoms. The molecule has 0 N–H and O–H groups in total. The fraction of sp³-hybridized carbons (Fsp3) is 0.333. The van der Waals surface area contributed by atoms with Gasteiger partial charge in [0.1, 0.15) is 11.7 Å². The number of methoxy groups -OCH3 is 1. The lowest BCUT2D eigenvalue weighted by molar-refractivity contribution is -0.136. The van der Waals surface area contributed by atoms with Gasteiger partial charge in [0.05, 0.1) is 13.3 Å². The van der Waals surface area contributed by atoms with Crippen molar-refractivity contribution >= 4 is 17.0 Å². The number of nitrogens with zero attached hydrogens (tertiary/aromatic N) is 4. The molecule has 0 aliphatic carbocycles. The number of carbonyl (C=O) groups excluding carboxylic acids is 1. The first-order chi connectivity index (χ1) is 9.04. The average molecular weight is 262 g/mol. The van der Waals surface area contributed by atoms with Crippen LogP contribution in [0.4, 0.5) is 0 Å². The minimum atomic E-state index is -0.413. The first kappa shape index (κ1) is 13.0. The molecule has 0 amide bonds. The predicted octanol–water partition coefficient (Wildman–Crippen LogP) is 0.249. The van der Waals surface area contributed by atoms with Crippen molar-refractivity contribution in [3.63, 3.8) is 0 Å². The molecule has 0 aliphatic heterocycles. The molecule has 2 rings (SSSR count). The van der Waals surface area contributed by atoms with Crippen molar-refractivity contribution in [1.29, 1.82) is 0 Å². The highest BCUT2D eigenvalue weighted by atomic mass is 16.5. The summed E-state index contributed by atoms with van der Waals surface area (Å²) in [5.74, 6) is -0.413. The molecule has 2 heterocycles. The fourth-order valence-corrected chi connectivity index (χ4v) is 1.68. The molecule has 2 aromatic heterocycles. The number of esters is 1. The monoisotopic (exact) mass is 262 g/mol. The van der Waals surface area contributed by atoms with E-state index in [4.69, 9.17) is 0 Å². The molecule has 0 unspecified atom stereocenters. The van der Waals surface area contributed by atoms with Gasteiger partial charge in [-0.2, -0.15) is 5.10 Å². The second kappa shape index (κ2) is 5.05. The smallest absolute Gasteiger partial charge is 0.333 e. The Bertz CT molecular complexity index is 711. The van der Waals surface area contributed by atoms with Gasteiger partial charge in [0.25, 0.3) is 5.56 Å². The molecule has 0 radical (unpaired) electrons. The predicted molar refractivity (Wildman–Crippen MR) is 68.5 cm³/mol. The van der Waals surface area contributed by atoms with Gasteiger partial charge in [-0.25, -0.2) is 9.78 Å². The Kier molecular flexibility index (Phi) is 3.46. The Balaban J connectivity index is 2.35. The minimum Gasteiger partial charge on any atom is -0.466 e. The van der Waals surface area contributed by atoms with E-state index in [1.807, 2.05) is 0 Å². The summed E-state index contributed by atoms with van der Waals surface area (Å²) in [6.45, 7) is 1.89. The number of hydrogen-bond acceptors (Lipinski definition) is 5. The van der Waals surface area contributed by atoms with Crippen molar-refractivity contribution in [2.24, 2.45) is 7.05 Å². The van der Waals surface area contributed by atoms with Gasteiger partial charge in [-0.15, -0.1) is 0 Å². The lowest BCUT2D eigenvalue weighted by atomic mass is 10.3. The average Bonchev–Trinajstić information content (AvgIpc) is 2.79. The quantitative estimate of drug-likeness (QED) is 0.585. The molecular weight excluding hydrogens is 248 g/mol. The van der Waals surface area contributed by atoms with Crippen molar-refractivity contribution < 1.29 is 9.53 Å². The van der Waals surface area contributed by atoms with E-state index in [1.54, 1.807) is 20.0 Å². The maximum Gasteiger partial charge on any atom is 0.333 e. The Morgan fingerprint density at radius 1 is 1.53 bits per heavy atom. The summed E-state index contributed by atoms with van der Waals surface area (Å²) in [6, 6.07) is 0. The first-order valence-corrected chi connectivity index (χ1v) is 5.67. The van der Waals surface area contributed by atoms with Crippen LogP contribution in [0.2, 0.25) is 0 Å². The van der Waals surface area contributed by atoms with Crippen molar-refractivity contribution in [1.82, 2.24) is 19.3 Å². The SMILES string of the molecule is COC(=O)C(C)=CCn1cnc2c(cnn2C)c1=O. The first-order valence-electron chi connectivity index (χ1n) is 5.67. The lowest BCUT2D eigenvalue weighted by Gasteiger charge is -2.03. The van der Waals surface area contributed by atoms with Gasteiger partial charge in [0, 0.05) is 19.2 Å². The van der Waals surface area contributed by atoms with Gasteiger partial charge in [-0.1, -0.05) is 6.08 Å². The summed E-state index contributed by atoms with van der Waals surface area (Å²) in [5, 5.41) is 4.44. The third-order valence-electron chi connectivity index (χ3n) is 2.82. The van der Waals surface area contributed by atoms with E-state index in [0.29, 0.717) is 16.6 Å². The van der Waals surface area contributed by atoms with Crippen LogP contribution in [-0.2, 0) is 23.1 Å². The Hall–Kier alpha value is -2.44. The molecule has 0 saturated heterocycles. The van der Waals surface area contributed by atoms with Gasteiger partial charge in [0.15, 0.2) is 5.65 Å². The molecule has 100 valence electrons. The zero-order valence-corrected chi connectivity index (χ0v) is 11.0. The second-order valence-corrected chi connectivity index (χ2v) is 4.09. The maximum atomic E-state index is 12.1. The second-order valence-electron chi connectivity index (χ2n) is 4.09. The largest absolute Gasteiger partial charge is 0.466 e. The number of allylic oxidation sites excluding steroid dienone is 1. The Labute approximate surface area is 109 Å². The van der Waals surface area contributed by atoms with Crippen molar-refractivity contribution in [2.75, 3.05) is 7.11 Å². The topological polar surface area (TPSA) is 79.0 Å². The number of hydrogen-bond donors (Lipinski definition) is 0. The number of fused-ring (bicyclic) bond motifs is 1.